The van der Waals surface area contributed by atoms with Gasteiger partial charge in [-0.05, 0) is 0 Å². The van der Waals surface area contributed by atoms with Crippen LogP contribution in [0, 0.1) is 0 Å². The van der Waals surface area contributed by atoms with Gasteiger partial charge in [-0.25, -0.2) is 0 Å². The maximum atomic E-state index is 8.52. The largest absolute Gasteiger partial charge is 1.00 e. The minimum atomic E-state index is -3.63. The molecule has 0 aliphatic rings. The molecule has 0 N–H and O–H groups in total. The van der Waals surface area contributed by atoms with Gasteiger partial charge in [0.05, 0.1) is 0 Å². The predicted octanol–water partition coefficient (Wildman–Crippen LogP) is -13.5. The molecule has 0 amide bonds. The van der Waals surface area contributed by atoms with Gasteiger partial charge in [0, 0.05) is 15.6 Å². The summed E-state index contributed by atoms with van der Waals surface area (Å²) in [5.74, 6) is 0. The first kappa shape index (κ1) is 29.6. The van der Waals surface area contributed by atoms with Crippen LogP contribution in [0.4, 0.5) is 0 Å². The van der Waals surface area contributed by atoms with Gasteiger partial charge in [0.1, 0.15) is 0 Å². The zero-order valence-electron chi connectivity index (χ0n) is 6.12. The van der Waals surface area contributed by atoms with Crippen molar-refractivity contribution in [3.8, 4) is 0 Å². The van der Waals surface area contributed by atoms with Crippen molar-refractivity contribution in [3.05, 3.63) is 0 Å². The van der Waals surface area contributed by atoms with Gasteiger partial charge in [-0.3, -0.25) is 0 Å². The van der Waals surface area contributed by atoms with Crippen LogP contribution in [0.25, 0.3) is 0 Å². The topological polar surface area (TPSA) is 103 Å². The summed E-state index contributed by atoms with van der Waals surface area (Å²) in [5.41, 5.74) is 0. The van der Waals surface area contributed by atoms with E-state index in [-0.39, 0.29) is 88.7 Å². The number of rotatable bonds is 0. The molecule has 0 saturated heterocycles. The predicted molar refractivity (Wildman–Crippen MR) is 12.5 cm³/mol. The van der Waals surface area contributed by atoms with Crippen molar-refractivity contribution in [2.24, 2.45) is 0 Å². The molecule has 0 fully saturated rings. The minimum absolute atomic E-state index is 0. The Morgan fingerprint density at radius 1 is 1.10 bits per heavy atom. The molecule has 0 saturated carbocycles. The average Bonchev–Trinajstić information content (AvgIpc) is 1.33. The number of carbonyl (C=O) groups is 1. The van der Waals surface area contributed by atoms with E-state index in [4.69, 9.17) is 24.0 Å². The average molecular weight is 190 g/mol. The van der Waals surface area contributed by atoms with Crippen molar-refractivity contribution in [1.29, 1.82) is 0 Å². The van der Waals surface area contributed by atoms with Crippen LogP contribution in [0.3, 0.4) is 0 Å². The van der Waals surface area contributed by atoms with E-state index in [0.29, 0.717) is 0 Å². The van der Waals surface area contributed by atoms with Gasteiger partial charge >= 0.3 is 88.7 Å². The van der Waals surface area contributed by atoms with E-state index in [2.05, 4.69) is 0 Å². The van der Waals surface area contributed by atoms with Crippen LogP contribution in [-0.2, 0) is 9.26 Å². The van der Waals surface area contributed by atoms with Crippen molar-refractivity contribution < 1.29 is 113 Å². The van der Waals surface area contributed by atoms with Crippen LogP contribution >= 0.6 is 0 Å². The zero-order chi connectivity index (χ0) is 6.28. The maximum Gasteiger partial charge on any atom is 1.00 e. The first-order chi connectivity index (χ1) is 3.15. The molecule has 0 atom stereocenters. The summed E-state index contributed by atoms with van der Waals surface area (Å²) < 4.78 is 8.52. The minimum Gasteiger partial charge on any atom is -0.672 e. The van der Waals surface area contributed by atoms with Gasteiger partial charge in [0.25, 0.3) is 0 Å². The van der Waals surface area contributed by atoms with E-state index >= 15 is 0 Å². The molecule has 0 aliphatic heterocycles. The molecular formula is CHNa3O5Si. The molecule has 0 heterocycles. The van der Waals surface area contributed by atoms with Gasteiger partial charge in [-0.2, -0.15) is 0 Å². The van der Waals surface area contributed by atoms with Gasteiger partial charge in [0.2, 0.25) is 0 Å². The summed E-state index contributed by atoms with van der Waals surface area (Å²) in [4.78, 5) is 25.3. The van der Waals surface area contributed by atoms with Gasteiger partial charge in [-0.15, -0.1) is 0 Å². The molecule has 0 aromatic rings. The third-order valence-electron chi connectivity index (χ3n) is 0. The smallest absolute Gasteiger partial charge is 0.672 e. The van der Waals surface area contributed by atoms with Gasteiger partial charge < -0.3 is 24.0 Å². The van der Waals surface area contributed by atoms with Crippen LogP contribution in [0.1, 0.15) is 0 Å². The molecular weight excluding hydrogens is 189 g/mol. The molecule has 0 unspecified atom stereocenters. The summed E-state index contributed by atoms with van der Waals surface area (Å²) in [7, 11) is -3.63. The van der Waals surface area contributed by atoms with E-state index in [9.17, 15) is 0 Å². The Morgan fingerprint density at radius 3 is 1.10 bits per heavy atom. The fraction of sp³-hybridized carbons (Fsp3) is 0. The molecule has 5 nitrogen and oxygen atoms in total. The van der Waals surface area contributed by atoms with Crippen molar-refractivity contribution in [1.82, 2.24) is 0 Å². The van der Waals surface area contributed by atoms with Crippen molar-refractivity contribution in [2.45, 2.75) is 0 Å². The maximum absolute atomic E-state index is 8.52. The number of hydrogen-bond donors (Lipinski definition) is 0. The molecule has 0 rings (SSSR count). The first-order valence-corrected chi connectivity index (χ1v) is 2.31. The second-order valence-corrected chi connectivity index (χ2v) is 0.846. The van der Waals surface area contributed by atoms with Crippen LogP contribution < -0.4 is 103 Å². The monoisotopic (exact) mass is 190 g/mol. The molecule has 9 heteroatoms. The number of carboxylic acid groups (broad SMARTS) is 1. The fourth-order valence-corrected chi connectivity index (χ4v) is 0. The van der Waals surface area contributed by atoms with Crippen LogP contribution in [-0.4, -0.2) is 15.6 Å². The zero-order valence-corrected chi connectivity index (χ0v) is 13.1. The summed E-state index contributed by atoms with van der Waals surface area (Å²) >= 11 is 0. The van der Waals surface area contributed by atoms with Crippen LogP contribution in [0.5, 0.6) is 0 Å². The van der Waals surface area contributed by atoms with Gasteiger partial charge in [-0.1, -0.05) is 0 Å². The molecule has 0 aromatic heterocycles. The molecule has 0 bridgehead atoms. The number of carbonyl (C=O) groups excluding carboxylic acids is 1. The van der Waals surface area contributed by atoms with E-state index in [0.717, 1.165) is 0 Å². The van der Waals surface area contributed by atoms with Gasteiger partial charge in [0.15, 0.2) is 0 Å². The van der Waals surface area contributed by atoms with Crippen LogP contribution in [0.2, 0.25) is 0 Å². The van der Waals surface area contributed by atoms with E-state index in [1.807, 2.05) is 0 Å². The Bertz CT molecular complexity index is 63.9. The van der Waals surface area contributed by atoms with Crippen molar-refractivity contribution >= 4 is 15.6 Å². The standard InChI is InChI=1S/CH2O2.3Na.O3Si/c2-1-3;;;;1-4(2)3/h1H,(H,2,3);;;;/q;3*+1;-2/p-1. The molecule has 10 heavy (non-hydrogen) atoms. The Hall–Kier alpha value is 2.09. The first-order valence-electron chi connectivity index (χ1n) is 1.08. The summed E-state index contributed by atoms with van der Waals surface area (Å²) in [5, 5.41) is 8.25. The number of hydrogen-bond acceptors (Lipinski definition) is 5. The molecule has 0 radical (unpaired) electrons. The van der Waals surface area contributed by atoms with E-state index in [1.54, 1.807) is 0 Å². The van der Waals surface area contributed by atoms with E-state index in [1.165, 1.54) is 0 Å². The third kappa shape index (κ3) is 191. The van der Waals surface area contributed by atoms with Crippen molar-refractivity contribution in [2.75, 3.05) is 0 Å². The second kappa shape index (κ2) is 30.4. The Labute approximate surface area is 126 Å². The molecule has 42 valence electrons. The van der Waals surface area contributed by atoms with Crippen LogP contribution in [0.15, 0.2) is 0 Å². The Balaban J connectivity index is -0.0000000131. The Kier molecular flexibility index (Phi) is 90.1. The molecule has 0 aromatic carbocycles. The summed E-state index contributed by atoms with van der Waals surface area (Å²) in [6.45, 7) is -0.500. The SMILES string of the molecule is O=C[O-].O=[Si]([O-])[O-].[Na+].[Na+].[Na+]. The normalized spacial score (nSPS) is 3.60. The summed E-state index contributed by atoms with van der Waals surface area (Å²) in [6, 6.07) is 0. The third-order valence-corrected chi connectivity index (χ3v) is 0. The Morgan fingerprint density at radius 2 is 1.10 bits per heavy atom. The fourth-order valence-electron chi connectivity index (χ4n) is 0. The molecule has 0 aliphatic carbocycles. The quantitative estimate of drug-likeness (QED) is 0.278. The second-order valence-electron chi connectivity index (χ2n) is 0.346. The molecule has 0 spiro atoms. The summed E-state index contributed by atoms with van der Waals surface area (Å²) in [6.07, 6.45) is 0. The van der Waals surface area contributed by atoms with E-state index < -0.39 is 15.6 Å². The van der Waals surface area contributed by atoms with Crippen molar-refractivity contribution in [3.63, 3.8) is 0 Å².